The molecule has 114 valence electrons. The van der Waals surface area contributed by atoms with Crippen LogP contribution in [0.2, 0.25) is 0 Å². The van der Waals surface area contributed by atoms with Crippen molar-refractivity contribution in [1.82, 2.24) is 10.2 Å². The van der Waals surface area contributed by atoms with Crippen molar-refractivity contribution in [3.63, 3.8) is 0 Å². The molecular weight excluding hydrogens is 240 g/mol. The van der Waals surface area contributed by atoms with Crippen LogP contribution in [0.5, 0.6) is 0 Å². The number of piperidine rings is 1. The Morgan fingerprint density at radius 2 is 2.00 bits per heavy atom. The van der Waals surface area contributed by atoms with Gasteiger partial charge in [-0.05, 0) is 40.2 Å². The lowest BCUT2D eigenvalue weighted by atomic mass is 10.0. The minimum absolute atomic E-state index is 0.0258. The van der Waals surface area contributed by atoms with E-state index in [2.05, 4.69) is 31.0 Å². The number of methoxy groups -OCH3 is 1. The molecule has 0 bridgehead atoms. The summed E-state index contributed by atoms with van der Waals surface area (Å²) >= 11 is 0. The summed E-state index contributed by atoms with van der Waals surface area (Å²) in [5.74, 6) is 0. The quantitative estimate of drug-likeness (QED) is 0.684. The van der Waals surface area contributed by atoms with Crippen molar-refractivity contribution in [3.05, 3.63) is 0 Å². The normalized spacial score (nSPS) is 21.8. The Morgan fingerprint density at radius 3 is 2.68 bits per heavy atom. The summed E-state index contributed by atoms with van der Waals surface area (Å²) in [5.41, 5.74) is -0.0258. The summed E-state index contributed by atoms with van der Waals surface area (Å²) in [7, 11) is 1.75. The highest BCUT2D eigenvalue weighted by atomic mass is 16.5. The minimum Gasteiger partial charge on any atom is -0.383 e. The van der Waals surface area contributed by atoms with Crippen LogP contribution >= 0.6 is 0 Å². The summed E-state index contributed by atoms with van der Waals surface area (Å²) < 4.78 is 10.9. The Morgan fingerprint density at radius 1 is 1.21 bits per heavy atom. The van der Waals surface area contributed by atoms with Gasteiger partial charge in [-0.3, -0.25) is 4.90 Å². The zero-order valence-electron chi connectivity index (χ0n) is 13.2. The second-order valence-corrected chi connectivity index (χ2v) is 6.34. The molecule has 1 saturated heterocycles. The van der Waals surface area contributed by atoms with E-state index in [1.807, 2.05) is 0 Å². The molecule has 0 amide bonds. The van der Waals surface area contributed by atoms with E-state index >= 15 is 0 Å². The molecule has 0 radical (unpaired) electrons. The second kappa shape index (κ2) is 8.90. The maximum atomic E-state index is 5.84. The average Bonchev–Trinajstić information content (AvgIpc) is 2.35. The van der Waals surface area contributed by atoms with Crippen molar-refractivity contribution in [2.24, 2.45) is 0 Å². The Hall–Kier alpha value is -0.160. The Bertz CT molecular complexity index is 229. The average molecular weight is 272 g/mol. The summed E-state index contributed by atoms with van der Waals surface area (Å²) in [6, 6.07) is 0.661. The maximum Gasteiger partial charge on any atom is 0.0600 e. The molecule has 19 heavy (non-hydrogen) atoms. The summed E-state index contributed by atoms with van der Waals surface area (Å²) in [6.07, 6.45) is 3.98. The molecule has 1 rings (SSSR count). The number of likely N-dealkylation sites (tertiary alicyclic amines) is 1. The third-order valence-electron chi connectivity index (χ3n) is 3.53. The van der Waals surface area contributed by atoms with E-state index in [0.717, 1.165) is 32.8 Å². The fourth-order valence-electron chi connectivity index (χ4n) is 2.50. The van der Waals surface area contributed by atoms with E-state index in [9.17, 15) is 0 Å². The Balaban J connectivity index is 2.23. The smallest absolute Gasteiger partial charge is 0.0600 e. The first-order chi connectivity index (χ1) is 9.03. The summed E-state index contributed by atoms with van der Waals surface area (Å²) in [6.45, 7) is 12.3. The molecule has 0 aliphatic carbocycles. The maximum absolute atomic E-state index is 5.84. The SMILES string of the molecule is COCCNCC1CCCCN1CCOC(C)(C)C. The zero-order chi connectivity index (χ0) is 14.1. The molecule has 0 aromatic carbocycles. The van der Waals surface area contributed by atoms with Crippen LogP contribution in [0.15, 0.2) is 0 Å². The van der Waals surface area contributed by atoms with Gasteiger partial charge in [0.25, 0.3) is 0 Å². The van der Waals surface area contributed by atoms with Crippen LogP contribution in [-0.2, 0) is 9.47 Å². The monoisotopic (exact) mass is 272 g/mol. The topological polar surface area (TPSA) is 33.7 Å². The van der Waals surface area contributed by atoms with Gasteiger partial charge >= 0.3 is 0 Å². The molecule has 0 aromatic heterocycles. The first-order valence-corrected chi connectivity index (χ1v) is 7.60. The third kappa shape index (κ3) is 7.88. The molecule has 1 aliphatic rings. The molecule has 4 nitrogen and oxygen atoms in total. The third-order valence-corrected chi connectivity index (χ3v) is 3.53. The molecule has 1 unspecified atom stereocenters. The van der Waals surface area contributed by atoms with Crippen LogP contribution in [0.25, 0.3) is 0 Å². The van der Waals surface area contributed by atoms with Gasteiger partial charge in [-0.15, -0.1) is 0 Å². The number of nitrogens with one attached hydrogen (secondary N) is 1. The summed E-state index contributed by atoms with van der Waals surface area (Å²) in [5, 5.41) is 3.49. The zero-order valence-corrected chi connectivity index (χ0v) is 13.2. The largest absolute Gasteiger partial charge is 0.383 e. The van der Waals surface area contributed by atoms with E-state index < -0.39 is 0 Å². The van der Waals surface area contributed by atoms with Crippen LogP contribution in [0.1, 0.15) is 40.0 Å². The lowest BCUT2D eigenvalue weighted by Crippen LogP contribution is -2.47. The van der Waals surface area contributed by atoms with Gasteiger partial charge in [0, 0.05) is 32.8 Å². The Labute approximate surface area is 118 Å². The number of ether oxygens (including phenoxy) is 2. The van der Waals surface area contributed by atoms with Gasteiger partial charge in [0.2, 0.25) is 0 Å². The van der Waals surface area contributed by atoms with Crippen LogP contribution in [0, 0.1) is 0 Å². The van der Waals surface area contributed by atoms with Crippen molar-refractivity contribution >= 4 is 0 Å². The Kier molecular flexibility index (Phi) is 7.91. The first-order valence-electron chi connectivity index (χ1n) is 7.60. The summed E-state index contributed by atoms with van der Waals surface area (Å²) in [4.78, 5) is 2.58. The van der Waals surface area contributed by atoms with E-state index in [1.54, 1.807) is 7.11 Å². The van der Waals surface area contributed by atoms with E-state index in [0.29, 0.717) is 6.04 Å². The van der Waals surface area contributed by atoms with Crippen molar-refractivity contribution in [3.8, 4) is 0 Å². The molecule has 1 aliphatic heterocycles. The van der Waals surface area contributed by atoms with Gasteiger partial charge in [0.05, 0.1) is 18.8 Å². The van der Waals surface area contributed by atoms with Crippen LogP contribution < -0.4 is 5.32 Å². The van der Waals surface area contributed by atoms with Crippen molar-refractivity contribution in [2.75, 3.05) is 46.5 Å². The van der Waals surface area contributed by atoms with Crippen molar-refractivity contribution < 1.29 is 9.47 Å². The second-order valence-electron chi connectivity index (χ2n) is 6.34. The van der Waals surface area contributed by atoms with Gasteiger partial charge in [-0.25, -0.2) is 0 Å². The van der Waals surface area contributed by atoms with Crippen molar-refractivity contribution in [1.29, 1.82) is 0 Å². The first kappa shape index (κ1) is 16.9. The van der Waals surface area contributed by atoms with Crippen molar-refractivity contribution in [2.45, 2.75) is 51.7 Å². The highest BCUT2D eigenvalue weighted by Gasteiger charge is 2.22. The van der Waals surface area contributed by atoms with E-state index in [-0.39, 0.29) is 5.60 Å². The lowest BCUT2D eigenvalue weighted by molar-refractivity contribution is -0.0209. The fourth-order valence-corrected chi connectivity index (χ4v) is 2.50. The van der Waals surface area contributed by atoms with E-state index in [4.69, 9.17) is 9.47 Å². The van der Waals surface area contributed by atoms with Gasteiger partial charge in [0.1, 0.15) is 0 Å². The number of hydrogen-bond donors (Lipinski definition) is 1. The molecular formula is C15H32N2O2. The molecule has 0 saturated carbocycles. The minimum atomic E-state index is -0.0258. The standard InChI is InChI=1S/C15H32N2O2/c1-15(2,3)19-12-10-17-9-6-5-7-14(17)13-16-8-11-18-4/h14,16H,5-13H2,1-4H3. The molecule has 1 heterocycles. The number of rotatable bonds is 8. The number of nitrogens with zero attached hydrogens (tertiary/aromatic N) is 1. The molecule has 4 heteroatoms. The van der Waals surface area contributed by atoms with Gasteiger partial charge < -0.3 is 14.8 Å². The lowest BCUT2D eigenvalue weighted by Gasteiger charge is -2.36. The van der Waals surface area contributed by atoms with Crippen LogP contribution in [0.3, 0.4) is 0 Å². The fraction of sp³-hybridized carbons (Fsp3) is 1.00. The van der Waals surface area contributed by atoms with Gasteiger partial charge in [-0.1, -0.05) is 6.42 Å². The highest BCUT2D eigenvalue weighted by Crippen LogP contribution is 2.16. The molecule has 1 N–H and O–H groups in total. The van der Waals surface area contributed by atoms with Gasteiger partial charge in [-0.2, -0.15) is 0 Å². The van der Waals surface area contributed by atoms with Crippen LogP contribution in [0.4, 0.5) is 0 Å². The number of hydrogen-bond acceptors (Lipinski definition) is 4. The predicted molar refractivity (Wildman–Crippen MR) is 79.7 cm³/mol. The molecule has 0 spiro atoms. The molecule has 0 aromatic rings. The van der Waals surface area contributed by atoms with Crippen LogP contribution in [-0.4, -0.2) is 63.0 Å². The van der Waals surface area contributed by atoms with E-state index in [1.165, 1.54) is 25.8 Å². The molecule has 1 fully saturated rings. The van der Waals surface area contributed by atoms with Gasteiger partial charge in [0.15, 0.2) is 0 Å². The molecule has 1 atom stereocenters. The highest BCUT2D eigenvalue weighted by molar-refractivity contribution is 4.79. The predicted octanol–water partition coefficient (Wildman–Crippen LogP) is 1.89.